The maximum absolute atomic E-state index is 12.8. The molecule has 0 saturated carbocycles. The third kappa shape index (κ3) is 6.22. The fourth-order valence-corrected chi connectivity index (χ4v) is 3.89. The van der Waals surface area contributed by atoms with E-state index in [9.17, 15) is 14.4 Å². The van der Waals surface area contributed by atoms with Crippen LogP contribution >= 0.6 is 11.8 Å². The summed E-state index contributed by atoms with van der Waals surface area (Å²) in [5.74, 6) is 0.958. The zero-order chi connectivity index (χ0) is 24.5. The highest BCUT2D eigenvalue weighted by molar-refractivity contribution is 8.18. The number of thioether (sulfide) groups is 1. The Kier molecular flexibility index (Phi) is 8.80. The molecule has 1 aliphatic rings. The first-order chi connectivity index (χ1) is 16.5. The van der Waals surface area contributed by atoms with E-state index >= 15 is 0 Å². The van der Waals surface area contributed by atoms with Gasteiger partial charge in [0.2, 0.25) is 0 Å². The van der Waals surface area contributed by atoms with Gasteiger partial charge in [-0.05, 0) is 54.6 Å². The summed E-state index contributed by atoms with van der Waals surface area (Å²) in [6, 6.07) is 12.2. The van der Waals surface area contributed by atoms with Gasteiger partial charge in [0.25, 0.3) is 11.1 Å². The average Bonchev–Trinajstić information content (AvgIpc) is 3.11. The van der Waals surface area contributed by atoms with Crippen LogP contribution in [0.3, 0.4) is 0 Å². The number of amides is 2. The molecule has 1 fully saturated rings. The molecule has 0 aliphatic carbocycles. The predicted octanol–water partition coefficient (Wildman–Crippen LogP) is 3.76. The summed E-state index contributed by atoms with van der Waals surface area (Å²) in [4.78, 5) is 38.0. The maximum atomic E-state index is 12.8. The Hall–Kier alpha value is -3.66. The first-order valence-corrected chi connectivity index (χ1v) is 11.3. The van der Waals surface area contributed by atoms with Crippen molar-refractivity contribution in [1.82, 2.24) is 4.90 Å². The minimum atomic E-state index is -0.519. The number of esters is 1. The number of methoxy groups -OCH3 is 2. The lowest BCUT2D eigenvalue weighted by Gasteiger charge is -2.14. The third-order valence-electron chi connectivity index (χ3n) is 4.65. The summed E-state index contributed by atoms with van der Waals surface area (Å²) in [5, 5.41) is -0.372. The predicted molar refractivity (Wildman–Crippen MR) is 126 cm³/mol. The molecule has 10 heteroatoms. The highest BCUT2D eigenvalue weighted by Gasteiger charge is 2.34. The molecule has 1 saturated heterocycles. The van der Waals surface area contributed by atoms with Crippen LogP contribution in [0.5, 0.6) is 23.0 Å². The summed E-state index contributed by atoms with van der Waals surface area (Å²) in [5.41, 5.74) is 0.643. The number of imide groups is 1. The number of carbonyl (C=O) groups excluding carboxylic acids is 3. The van der Waals surface area contributed by atoms with Crippen molar-refractivity contribution in [3.63, 3.8) is 0 Å². The number of para-hydroxylation sites is 2. The molecule has 1 aliphatic heterocycles. The number of hydrogen-bond donors (Lipinski definition) is 0. The minimum Gasteiger partial charge on any atom is -0.493 e. The van der Waals surface area contributed by atoms with Crippen LogP contribution in [0.4, 0.5) is 4.79 Å². The highest BCUT2D eigenvalue weighted by atomic mass is 32.2. The maximum Gasteiger partial charge on any atom is 0.343 e. The lowest BCUT2D eigenvalue weighted by atomic mass is 10.2. The van der Waals surface area contributed by atoms with E-state index < -0.39 is 11.9 Å². The normalized spacial score (nSPS) is 14.3. The van der Waals surface area contributed by atoms with Crippen LogP contribution in [0.2, 0.25) is 0 Å². The molecule has 3 rings (SSSR count). The van der Waals surface area contributed by atoms with Crippen LogP contribution in [-0.4, -0.2) is 62.6 Å². The minimum absolute atomic E-state index is 0.102. The second-order valence-corrected chi connectivity index (χ2v) is 7.83. The number of hydrogen-bond acceptors (Lipinski definition) is 9. The molecule has 0 bridgehead atoms. The number of carbonyl (C=O) groups is 3. The van der Waals surface area contributed by atoms with E-state index in [2.05, 4.69) is 4.74 Å². The smallest absolute Gasteiger partial charge is 0.343 e. The van der Waals surface area contributed by atoms with E-state index in [0.29, 0.717) is 35.2 Å². The Morgan fingerprint density at radius 3 is 2.41 bits per heavy atom. The number of rotatable bonds is 11. The summed E-state index contributed by atoms with van der Waals surface area (Å²) >= 11 is 0.856. The van der Waals surface area contributed by atoms with Crippen LogP contribution in [0.1, 0.15) is 12.5 Å². The topological polar surface area (TPSA) is 101 Å². The zero-order valence-corrected chi connectivity index (χ0v) is 19.9. The molecule has 0 spiro atoms. The Morgan fingerprint density at radius 1 is 0.971 bits per heavy atom. The fraction of sp³-hybridized carbons (Fsp3) is 0.292. The molecule has 2 aromatic carbocycles. The van der Waals surface area contributed by atoms with Crippen molar-refractivity contribution >= 4 is 35.0 Å². The Balaban J connectivity index is 1.67. The van der Waals surface area contributed by atoms with Gasteiger partial charge in [0, 0.05) is 0 Å². The van der Waals surface area contributed by atoms with Gasteiger partial charge in [0.05, 0.1) is 32.3 Å². The molecule has 9 nitrogen and oxygen atoms in total. The number of ether oxygens (including phenoxy) is 5. The fourth-order valence-electron chi connectivity index (χ4n) is 3.03. The van der Waals surface area contributed by atoms with Crippen molar-refractivity contribution in [2.75, 3.05) is 40.6 Å². The van der Waals surface area contributed by atoms with Crippen LogP contribution in [0.25, 0.3) is 6.08 Å². The lowest BCUT2D eigenvalue weighted by Crippen LogP contribution is -2.32. The number of nitrogens with zero attached hydrogens (tertiary/aromatic N) is 1. The van der Waals surface area contributed by atoms with E-state index in [-0.39, 0.29) is 29.9 Å². The molecule has 0 unspecified atom stereocenters. The molecule has 180 valence electrons. The Labute approximate surface area is 201 Å². The molecule has 1 heterocycles. The van der Waals surface area contributed by atoms with Gasteiger partial charge < -0.3 is 23.7 Å². The van der Waals surface area contributed by atoms with Gasteiger partial charge in [-0.1, -0.05) is 18.2 Å². The summed E-state index contributed by atoms with van der Waals surface area (Å²) in [7, 11) is 2.81. The van der Waals surface area contributed by atoms with Crippen molar-refractivity contribution < 1.29 is 38.1 Å². The molecular weight excluding hydrogens is 462 g/mol. The molecule has 0 atom stereocenters. The molecule has 0 N–H and O–H groups in total. The van der Waals surface area contributed by atoms with Gasteiger partial charge in [-0.3, -0.25) is 14.5 Å². The van der Waals surface area contributed by atoms with Gasteiger partial charge in [-0.15, -0.1) is 0 Å². The van der Waals surface area contributed by atoms with E-state index in [1.165, 1.54) is 14.2 Å². The van der Waals surface area contributed by atoms with Crippen molar-refractivity contribution in [3.8, 4) is 23.0 Å². The molecule has 34 heavy (non-hydrogen) atoms. The van der Waals surface area contributed by atoms with Gasteiger partial charge >= 0.3 is 5.97 Å². The highest BCUT2D eigenvalue weighted by Crippen LogP contribution is 2.35. The zero-order valence-electron chi connectivity index (χ0n) is 19.1. The molecule has 0 aromatic heterocycles. The monoisotopic (exact) mass is 487 g/mol. The molecule has 2 aromatic rings. The molecular formula is C24H25NO8S. The second kappa shape index (κ2) is 12.0. The van der Waals surface area contributed by atoms with Crippen LogP contribution < -0.4 is 18.9 Å². The number of benzene rings is 2. The SMILES string of the molecule is CCOc1cc(/C=C2\SC(=O)N(CCOc3ccccc3OC)C2=O)ccc1OCC(=O)OC. The van der Waals surface area contributed by atoms with Gasteiger partial charge in [-0.2, -0.15) is 0 Å². The van der Waals surface area contributed by atoms with Crippen LogP contribution in [-0.2, 0) is 14.3 Å². The van der Waals surface area contributed by atoms with Gasteiger partial charge in [-0.25, -0.2) is 4.79 Å². The van der Waals surface area contributed by atoms with E-state index in [0.717, 1.165) is 16.7 Å². The third-order valence-corrected chi connectivity index (χ3v) is 5.56. The van der Waals surface area contributed by atoms with Crippen molar-refractivity contribution in [3.05, 3.63) is 52.9 Å². The molecule has 2 amide bonds. The Morgan fingerprint density at radius 2 is 1.71 bits per heavy atom. The van der Waals surface area contributed by atoms with E-state index in [1.807, 2.05) is 19.1 Å². The molecule has 0 radical (unpaired) electrons. The summed E-state index contributed by atoms with van der Waals surface area (Å²) < 4.78 is 26.5. The standard InChI is InChI=1S/C24H25NO8S/c1-4-31-20-13-16(9-10-19(20)33-15-22(26)30-3)14-21-23(27)25(24(28)34-21)11-12-32-18-8-6-5-7-17(18)29-2/h5-10,13-14H,4,11-12,15H2,1-3H3/b21-14-. The van der Waals surface area contributed by atoms with Crippen LogP contribution in [0, 0.1) is 0 Å². The second-order valence-electron chi connectivity index (χ2n) is 6.84. The largest absolute Gasteiger partial charge is 0.493 e. The average molecular weight is 488 g/mol. The van der Waals surface area contributed by atoms with E-state index in [4.69, 9.17) is 18.9 Å². The van der Waals surface area contributed by atoms with Crippen molar-refractivity contribution in [2.45, 2.75) is 6.92 Å². The van der Waals surface area contributed by atoms with Gasteiger partial charge in [0.1, 0.15) is 6.61 Å². The Bertz CT molecular complexity index is 1080. The van der Waals surface area contributed by atoms with E-state index in [1.54, 1.807) is 36.4 Å². The first kappa shape index (κ1) is 25.0. The van der Waals surface area contributed by atoms with Crippen molar-refractivity contribution in [2.24, 2.45) is 0 Å². The lowest BCUT2D eigenvalue weighted by molar-refractivity contribution is -0.142. The summed E-state index contributed by atoms with van der Waals surface area (Å²) in [6.45, 7) is 2.17. The van der Waals surface area contributed by atoms with Crippen LogP contribution in [0.15, 0.2) is 47.4 Å². The van der Waals surface area contributed by atoms with Gasteiger partial charge in [0.15, 0.2) is 29.6 Å². The summed E-state index contributed by atoms with van der Waals surface area (Å²) in [6.07, 6.45) is 1.61. The van der Waals surface area contributed by atoms with Crippen molar-refractivity contribution in [1.29, 1.82) is 0 Å². The quantitative estimate of drug-likeness (QED) is 0.346. The first-order valence-electron chi connectivity index (χ1n) is 10.4.